The van der Waals surface area contributed by atoms with Gasteiger partial charge in [0.2, 0.25) is 0 Å². The fourth-order valence-electron chi connectivity index (χ4n) is 3.10. The van der Waals surface area contributed by atoms with Crippen molar-refractivity contribution in [2.45, 2.75) is 58.4 Å². The molecule has 1 aromatic rings. The van der Waals surface area contributed by atoms with Crippen LogP contribution in [-0.2, 0) is 6.42 Å². The first-order valence-corrected chi connectivity index (χ1v) is 8.54. The Morgan fingerprint density at radius 3 is 2.55 bits per heavy atom. The number of likely N-dealkylation sites (tertiary alicyclic amines) is 1. The summed E-state index contributed by atoms with van der Waals surface area (Å²) in [4.78, 5) is 23.2. The first-order chi connectivity index (χ1) is 10.7. The Bertz CT molecular complexity index is 512. The minimum atomic E-state index is -0.0239. The van der Waals surface area contributed by atoms with Gasteiger partial charge in [-0.25, -0.2) is 14.8 Å². The Morgan fingerprint density at radius 1 is 1.23 bits per heavy atom. The van der Waals surface area contributed by atoms with E-state index < -0.39 is 0 Å². The van der Waals surface area contributed by atoms with E-state index in [1.807, 2.05) is 4.90 Å². The number of hydrogen-bond donors (Lipinski definition) is 1. The van der Waals surface area contributed by atoms with Gasteiger partial charge in [-0.3, -0.25) is 0 Å². The zero-order valence-corrected chi connectivity index (χ0v) is 13.6. The predicted molar refractivity (Wildman–Crippen MR) is 86.7 cm³/mol. The van der Waals surface area contributed by atoms with Crippen LogP contribution < -0.4 is 5.32 Å². The van der Waals surface area contributed by atoms with Crippen molar-refractivity contribution in [3.63, 3.8) is 0 Å². The lowest BCUT2D eigenvalue weighted by Crippen LogP contribution is -2.47. The summed E-state index contributed by atoms with van der Waals surface area (Å²) in [5.74, 6) is 2.29. The van der Waals surface area contributed by atoms with Crippen LogP contribution in [0.25, 0.3) is 0 Å². The molecular weight excluding hydrogens is 276 g/mol. The van der Waals surface area contributed by atoms with Crippen molar-refractivity contribution in [2.75, 3.05) is 11.9 Å². The smallest absolute Gasteiger partial charge is 0.322 e. The number of nitrogens with one attached hydrogen (secondary N) is 1. The molecule has 2 atom stereocenters. The molecular formula is C17H26N4O. The molecule has 1 saturated carbocycles. The zero-order chi connectivity index (χ0) is 15.5. The second kappa shape index (κ2) is 6.63. The van der Waals surface area contributed by atoms with Gasteiger partial charge in [-0.05, 0) is 44.4 Å². The van der Waals surface area contributed by atoms with E-state index in [1.54, 1.807) is 12.4 Å². The normalized spacial score (nSPS) is 25.1. The van der Waals surface area contributed by atoms with Crippen molar-refractivity contribution < 1.29 is 4.79 Å². The molecule has 22 heavy (non-hydrogen) atoms. The molecule has 1 aliphatic carbocycles. The van der Waals surface area contributed by atoms with Gasteiger partial charge in [0.05, 0.1) is 18.1 Å². The van der Waals surface area contributed by atoms with E-state index in [0.717, 1.165) is 37.5 Å². The Hall–Kier alpha value is -1.65. The molecule has 0 aromatic carbocycles. The quantitative estimate of drug-likeness (QED) is 0.926. The van der Waals surface area contributed by atoms with E-state index >= 15 is 0 Å². The highest BCUT2D eigenvalue weighted by molar-refractivity contribution is 5.89. The number of piperidine rings is 1. The van der Waals surface area contributed by atoms with Crippen LogP contribution >= 0.6 is 0 Å². The molecule has 5 heteroatoms. The lowest BCUT2D eigenvalue weighted by molar-refractivity contribution is 0.140. The largest absolute Gasteiger partial charge is 0.322 e. The molecule has 0 unspecified atom stereocenters. The number of carbonyl (C=O) groups excluding carboxylic acids is 1. The van der Waals surface area contributed by atoms with E-state index in [0.29, 0.717) is 17.6 Å². The minimum absolute atomic E-state index is 0.0239. The lowest BCUT2D eigenvalue weighted by atomic mass is 9.92. The third kappa shape index (κ3) is 3.76. The SMILES string of the molecule is CC[C@@H]1CC[C@@H](C)N(C(=O)Nc2cnc(CC3CC3)nc2)C1. The maximum Gasteiger partial charge on any atom is 0.322 e. The topological polar surface area (TPSA) is 58.1 Å². The van der Waals surface area contributed by atoms with Gasteiger partial charge in [0.25, 0.3) is 0 Å². The van der Waals surface area contributed by atoms with E-state index in [1.165, 1.54) is 19.3 Å². The molecule has 1 aliphatic heterocycles. The van der Waals surface area contributed by atoms with E-state index in [-0.39, 0.29) is 6.03 Å². The van der Waals surface area contributed by atoms with Crippen molar-refractivity contribution in [3.8, 4) is 0 Å². The summed E-state index contributed by atoms with van der Waals surface area (Å²) in [7, 11) is 0. The second-order valence-electron chi connectivity index (χ2n) is 6.82. The number of hydrogen-bond acceptors (Lipinski definition) is 3. The van der Waals surface area contributed by atoms with E-state index in [9.17, 15) is 4.79 Å². The summed E-state index contributed by atoms with van der Waals surface area (Å²) < 4.78 is 0. The molecule has 3 rings (SSSR count). The average Bonchev–Trinajstić information content (AvgIpc) is 3.33. The highest BCUT2D eigenvalue weighted by atomic mass is 16.2. The molecule has 1 saturated heterocycles. The predicted octanol–water partition coefficient (Wildman–Crippen LogP) is 3.47. The van der Waals surface area contributed by atoms with Crippen molar-refractivity contribution in [2.24, 2.45) is 11.8 Å². The number of nitrogens with zero attached hydrogens (tertiary/aromatic N) is 3. The van der Waals surface area contributed by atoms with Crippen LogP contribution in [0.4, 0.5) is 10.5 Å². The molecule has 1 N–H and O–H groups in total. The first kappa shape index (κ1) is 15.3. The Kier molecular flexibility index (Phi) is 4.60. The van der Waals surface area contributed by atoms with Gasteiger partial charge >= 0.3 is 6.03 Å². The van der Waals surface area contributed by atoms with Crippen molar-refractivity contribution in [1.29, 1.82) is 0 Å². The summed E-state index contributed by atoms with van der Waals surface area (Å²) in [6, 6.07) is 0.280. The van der Waals surface area contributed by atoms with Gasteiger partial charge < -0.3 is 10.2 Å². The van der Waals surface area contributed by atoms with Crippen molar-refractivity contribution in [3.05, 3.63) is 18.2 Å². The van der Waals surface area contributed by atoms with Gasteiger partial charge in [0.1, 0.15) is 5.82 Å². The number of aromatic nitrogens is 2. The van der Waals surface area contributed by atoms with E-state index in [2.05, 4.69) is 29.1 Å². The van der Waals surface area contributed by atoms with Crippen LogP contribution in [0.5, 0.6) is 0 Å². The molecule has 0 spiro atoms. The fourth-order valence-corrected chi connectivity index (χ4v) is 3.10. The Labute approximate surface area is 132 Å². The molecule has 120 valence electrons. The Morgan fingerprint density at radius 2 is 1.91 bits per heavy atom. The highest BCUT2D eigenvalue weighted by Crippen LogP contribution is 2.31. The minimum Gasteiger partial charge on any atom is -0.322 e. The molecule has 2 aliphatic rings. The summed E-state index contributed by atoms with van der Waals surface area (Å²) in [5.41, 5.74) is 0.690. The first-order valence-electron chi connectivity index (χ1n) is 8.54. The van der Waals surface area contributed by atoms with Crippen LogP contribution in [0.3, 0.4) is 0 Å². The fraction of sp³-hybridized carbons (Fsp3) is 0.706. The van der Waals surface area contributed by atoms with Crippen LogP contribution in [0, 0.1) is 11.8 Å². The van der Waals surface area contributed by atoms with Gasteiger partial charge in [-0.1, -0.05) is 13.3 Å². The van der Waals surface area contributed by atoms with Crippen LogP contribution in [-0.4, -0.2) is 33.5 Å². The van der Waals surface area contributed by atoms with Crippen LogP contribution in [0.2, 0.25) is 0 Å². The number of rotatable bonds is 4. The zero-order valence-electron chi connectivity index (χ0n) is 13.6. The van der Waals surface area contributed by atoms with Crippen LogP contribution in [0.1, 0.15) is 51.8 Å². The third-order valence-corrected chi connectivity index (χ3v) is 4.94. The molecule has 0 radical (unpaired) electrons. The van der Waals surface area contributed by atoms with Gasteiger partial charge in [-0.2, -0.15) is 0 Å². The van der Waals surface area contributed by atoms with E-state index in [4.69, 9.17) is 0 Å². The van der Waals surface area contributed by atoms with Gasteiger partial charge in [-0.15, -0.1) is 0 Å². The summed E-state index contributed by atoms with van der Waals surface area (Å²) in [6.07, 6.45) is 10.5. The van der Waals surface area contributed by atoms with Gasteiger partial charge in [0.15, 0.2) is 0 Å². The molecule has 2 heterocycles. The molecule has 2 fully saturated rings. The standard InChI is InChI=1S/C17H26N4O/c1-3-13-5-4-12(2)21(11-13)17(22)20-15-9-18-16(19-10-15)8-14-6-7-14/h9-10,12-14H,3-8,11H2,1-2H3,(H,20,22)/t12-,13-/m1/s1. The lowest BCUT2D eigenvalue weighted by Gasteiger charge is -2.37. The number of carbonyl (C=O) groups is 1. The number of urea groups is 1. The summed E-state index contributed by atoms with van der Waals surface area (Å²) >= 11 is 0. The maximum absolute atomic E-state index is 12.5. The molecule has 5 nitrogen and oxygen atoms in total. The summed E-state index contributed by atoms with van der Waals surface area (Å²) in [6.45, 7) is 5.17. The van der Waals surface area contributed by atoms with Crippen LogP contribution in [0.15, 0.2) is 12.4 Å². The summed E-state index contributed by atoms with van der Waals surface area (Å²) in [5, 5.41) is 2.94. The average molecular weight is 302 g/mol. The molecule has 2 amide bonds. The highest BCUT2D eigenvalue weighted by Gasteiger charge is 2.28. The molecule has 0 bridgehead atoms. The number of amides is 2. The monoisotopic (exact) mass is 302 g/mol. The van der Waals surface area contributed by atoms with Gasteiger partial charge in [0, 0.05) is 19.0 Å². The van der Waals surface area contributed by atoms with Crippen molar-refractivity contribution >= 4 is 11.7 Å². The number of anilines is 1. The van der Waals surface area contributed by atoms with Crippen molar-refractivity contribution in [1.82, 2.24) is 14.9 Å². The maximum atomic E-state index is 12.5. The Balaban J connectivity index is 1.57. The third-order valence-electron chi connectivity index (χ3n) is 4.94. The molecule has 1 aromatic heterocycles. The second-order valence-corrected chi connectivity index (χ2v) is 6.82.